The van der Waals surface area contributed by atoms with E-state index >= 15 is 0 Å². The van der Waals surface area contributed by atoms with Crippen LogP contribution < -0.4 is 10.3 Å². The average Bonchev–Trinajstić information content (AvgIpc) is 2.45. The number of H-pyrrole nitrogens is 1. The zero-order valence-corrected chi connectivity index (χ0v) is 13.6. The van der Waals surface area contributed by atoms with Gasteiger partial charge in [0.25, 0.3) is 5.56 Å². The highest BCUT2D eigenvalue weighted by atomic mass is 32.2. The normalized spacial score (nSPS) is 16.1. The summed E-state index contributed by atoms with van der Waals surface area (Å²) in [6.45, 7) is 3.59. The van der Waals surface area contributed by atoms with Gasteiger partial charge in [-0.1, -0.05) is 0 Å². The summed E-state index contributed by atoms with van der Waals surface area (Å²) in [6.07, 6.45) is 4.51. The lowest BCUT2D eigenvalue weighted by molar-refractivity contribution is -0.0328. The second kappa shape index (κ2) is 5.70. The second-order valence-electron chi connectivity index (χ2n) is 5.74. The molecule has 1 N–H and O–H groups in total. The summed E-state index contributed by atoms with van der Waals surface area (Å²) in [7, 11) is 0. The summed E-state index contributed by atoms with van der Waals surface area (Å²) in [6, 6.07) is 4.19. The number of aromatic nitrogens is 2. The van der Waals surface area contributed by atoms with Gasteiger partial charge in [0.1, 0.15) is 17.0 Å². The Balaban J connectivity index is 2.16. The van der Waals surface area contributed by atoms with Crippen molar-refractivity contribution in [1.82, 2.24) is 9.97 Å². The van der Waals surface area contributed by atoms with Crippen LogP contribution in [0.5, 0.6) is 5.75 Å². The Hall–Kier alpha value is -2.22. The number of hydrogen-bond donors (Lipinski definition) is 1. The summed E-state index contributed by atoms with van der Waals surface area (Å²) < 4.78 is 43.7. The molecule has 8 heteroatoms. The molecule has 2 heterocycles. The summed E-state index contributed by atoms with van der Waals surface area (Å²) in [5.41, 5.74) is -4.52. The van der Waals surface area contributed by atoms with Gasteiger partial charge >= 0.3 is 5.51 Å². The van der Waals surface area contributed by atoms with Gasteiger partial charge in [0.05, 0.1) is 0 Å². The zero-order valence-electron chi connectivity index (χ0n) is 12.8. The van der Waals surface area contributed by atoms with Crippen LogP contribution in [0.1, 0.15) is 25.1 Å². The number of benzene rings is 1. The van der Waals surface area contributed by atoms with Crippen LogP contribution >= 0.6 is 11.8 Å². The molecule has 0 bridgehead atoms. The molecule has 4 nitrogen and oxygen atoms in total. The Morgan fingerprint density at radius 2 is 2.04 bits per heavy atom. The highest BCUT2D eigenvalue weighted by Gasteiger charge is 2.32. The molecule has 0 fully saturated rings. The van der Waals surface area contributed by atoms with Crippen LogP contribution in [0.2, 0.25) is 0 Å². The quantitative estimate of drug-likeness (QED) is 0.829. The first-order valence-corrected chi connectivity index (χ1v) is 7.82. The van der Waals surface area contributed by atoms with Gasteiger partial charge in [0.15, 0.2) is 0 Å². The van der Waals surface area contributed by atoms with E-state index in [1.807, 2.05) is 0 Å². The fraction of sp³-hybridized carbons (Fsp3) is 0.250. The Kier molecular flexibility index (Phi) is 3.95. The molecule has 3 rings (SSSR count). The number of aromatic amines is 1. The molecule has 0 aliphatic carbocycles. The molecular weight excluding hydrogens is 341 g/mol. The molecule has 0 unspecified atom stereocenters. The first-order valence-electron chi connectivity index (χ1n) is 7.01. The van der Waals surface area contributed by atoms with Gasteiger partial charge in [-0.25, -0.2) is 4.98 Å². The third-order valence-corrected chi connectivity index (χ3v) is 4.02. The third kappa shape index (κ3) is 3.48. The number of nitrogens with one attached hydrogen (secondary N) is 1. The van der Waals surface area contributed by atoms with Gasteiger partial charge in [-0.15, -0.1) is 0 Å². The van der Waals surface area contributed by atoms with Crippen molar-refractivity contribution in [3.05, 3.63) is 58.3 Å². The van der Waals surface area contributed by atoms with Crippen molar-refractivity contribution in [3.8, 4) is 5.75 Å². The molecule has 2 aromatic rings. The van der Waals surface area contributed by atoms with Gasteiger partial charge in [0, 0.05) is 28.4 Å². The maximum absolute atomic E-state index is 12.6. The van der Waals surface area contributed by atoms with Crippen molar-refractivity contribution >= 4 is 17.3 Å². The fourth-order valence-corrected chi connectivity index (χ4v) is 3.06. The van der Waals surface area contributed by atoms with Crippen molar-refractivity contribution in [2.24, 2.45) is 0 Å². The van der Waals surface area contributed by atoms with E-state index in [4.69, 9.17) is 4.74 Å². The van der Waals surface area contributed by atoms with E-state index < -0.39 is 16.7 Å². The molecule has 0 radical (unpaired) electrons. The lowest BCUT2D eigenvalue weighted by atomic mass is 9.93. The van der Waals surface area contributed by atoms with Crippen LogP contribution in [0.15, 0.2) is 46.4 Å². The summed E-state index contributed by atoms with van der Waals surface area (Å²) in [5, 5.41) is 0. The molecule has 0 spiro atoms. The molecule has 1 aromatic heterocycles. The lowest BCUT2D eigenvalue weighted by Crippen LogP contribution is -2.30. The van der Waals surface area contributed by atoms with Gasteiger partial charge in [-0.3, -0.25) is 4.79 Å². The SMILES string of the molecule is CC1(C)C=C(c2ncc[nH]c2=O)c2cc(SC(F)(F)F)ccc2O1. The molecule has 1 aliphatic heterocycles. The van der Waals surface area contributed by atoms with E-state index in [1.54, 1.807) is 19.9 Å². The third-order valence-electron chi connectivity index (χ3n) is 3.30. The van der Waals surface area contributed by atoms with E-state index in [9.17, 15) is 18.0 Å². The first kappa shape index (κ1) is 16.6. The monoisotopic (exact) mass is 354 g/mol. The Bertz CT molecular complexity index is 872. The Morgan fingerprint density at radius 1 is 1.29 bits per heavy atom. The number of ether oxygens (including phenoxy) is 1. The fourth-order valence-electron chi connectivity index (χ4n) is 2.48. The molecule has 1 aromatic carbocycles. The largest absolute Gasteiger partial charge is 0.483 e. The van der Waals surface area contributed by atoms with Crippen LogP contribution in [0, 0.1) is 0 Å². The van der Waals surface area contributed by atoms with Crippen molar-refractivity contribution in [2.75, 3.05) is 0 Å². The molecule has 0 saturated heterocycles. The minimum Gasteiger partial charge on any atom is -0.483 e. The minimum atomic E-state index is -4.39. The topological polar surface area (TPSA) is 55.0 Å². The molecule has 24 heavy (non-hydrogen) atoms. The number of halogens is 3. The van der Waals surface area contributed by atoms with Crippen molar-refractivity contribution in [1.29, 1.82) is 0 Å². The second-order valence-corrected chi connectivity index (χ2v) is 6.87. The highest BCUT2D eigenvalue weighted by molar-refractivity contribution is 8.00. The van der Waals surface area contributed by atoms with Gasteiger partial charge in [-0.05, 0) is 49.9 Å². The van der Waals surface area contributed by atoms with Gasteiger partial charge in [-0.2, -0.15) is 13.2 Å². The molecular formula is C16H13F3N2O2S. The number of thioether (sulfide) groups is 1. The van der Waals surface area contributed by atoms with Crippen molar-refractivity contribution in [3.63, 3.8) is 0 Å². The standard InChI is InChI=1S/C16H13F3N2O2S/c1-15(2)8-11(13-14(22)21-6-5-20-13)10-7-9(24-16(17,18)19)3-4-12(10)23-15/h3-8H,1-2H3,(H,21,22). The molecule has 0 amide bonds. The van der Waals surface area contributed by atoms with Crippen molar-refractivity contribution < 1.29 is 17.9 Å². The minimum absolute atomic E-state index is 0.0165. The molecule has 0 atom stereocenters. The number of fused-ring (bicyclic) bond motifs is 1. The maximum Gasteiger partial charge on any atom is 0.446 e. The molecule has 1 aliphatic rings. The van der Waals surface area contributed by atoms with E-state index in [-0.39, 0.29) is 22.4 Å². The first-order chi connectivity index (χ1) is 11.1. The number of alkyl halides is 3. The lowest BCUT2D eigenvalue weighted by Gasteiger charge is -2.31. The maximum atomic E-state index is 12.6. The molecule has 126 valence electrons. The van der Waals surface area contributed by atoms with Crippen molar-refractivity contribution in [2.45, 2.75) is 29.9 Å². The van der Waals surface area contributed by atoms with Crippen LogP contribution in [0.3, 0.4) is 0 Å². The van der Waals surface area contributed by atoms with Gasteiger partial charge in [0.2, 0.25) is 0 Å². The van der Waals surface area contributed by atoms with E-state index in [1.165, 1.54) is 30.6 Å². The Labute approximate surface area is 139 Å². The van der Waals surface area contributed by atoms with Gasteiger partial charge < -0.3 is 9.72 Å². The van der Waals surface area contributed by atoms with Crippen LogP contribution in [-0.4, -0.2) is 21.1 Å². The summed E-state index contributed by atoms with van der Waals surface area (Å²) in [5.74, 6) is 0.411. The van der Waals surface area contributed by atoms with E-state index in [0.717, 1.165) is 0 Å². The number of hydrogen-bond acceptors (Lipinski definition) is 4. The zero-order chi connectivity index (χ0) is 17.5. The molecule has 0 saturated carbocycles. The predicted octanol–water partition coefficient (Wildman–Crippen LogP) is 3.98. The van der Waals surface area contributed by atoms with E-state index in [0.29, 0.717) is 16.9 Å². The average molecular weight is 354 g/mol. The van der Waals surface area contributed by atoms with E-state index in [2.05, 4.69) is 9.97 Å². The summed E-state index contributed by atoms with van der Waals surface area (Å²) >= 11 is -0.214. The highest BCUT2D eigenvalue weighted by Crippen LogP contribution is 2.43. The Morgan fingerprint density at radius 3 is 2.71 bits per heavy atom. The smallest absolute Gasteiger partial charge is 0.446 e. The number of nitrogens with zero attached hydrogens (tertiary/aromatic N) is 1. The van der Waals surface area contributed by atoms with Crippen LogP contribution in [0.4, 0.5) is 13.2 Å². The predicted molar refractivity (Wildman–Crippen MR) is 85.0 cm³/mol. The number of rotatable bonds is 2. The summed E-state index contributed by atoms with van der Waals surface area (Å²) in [4.78, 5) is 18.7. The van der Waals surface area contributed by atoms with Crippen LogP contribution in [0.25, 0.3) is 5.57 Å². The van der Waals surface area contributed by atoms with Crippen LogP contribution in [-0.2, 0) is 0 Å².